The summed E-state index contributed by atoms with van der Waals surface area (Å²) < 4.78 is 0. The molecule has 1 N–H and O–H groups in total. The summed E-state index contributed by atoms with van der Waals surface area (Å²) in [6.07, 6.45) is 1.53. The fourth-order valence-corrected chi connectivity index (χ4v) is 1.35. The van der Waals surface area contributed by atoms with Gasteiger partial charge in [0.15, 0.2) is 11.3 Å². The van der Waals surface area contributed by atoms with Gasteiger partial charge in [0.25, 0.3) is 0 Å². The van der Waals surface area contributed by atoms with E-state index in [-0.39, 0.29) is 0 Å². The first-order chi connectivity index (χ1) is 6.36. The fraction of sp³-hybridized carbons (Fsp3) is 0.333. The maximum atomic E-state index is 10.3. The molecule has 0 aliphatic rings. The molecule has 0 radical (unpaired) electrons. The van der Waals surface area contributed by atoms with Gasteiger partial charge in [0.1, 0.15) is 5.69 Å². The number of rotatable bonds is 3. The molecular formula is C9H10N2OS. The van der Waals surface area contributed by atoms with Crippen molar-refractivity contribution in [1.29, 1.82) is 0 Å². The Bertz CT molecular complexity index is 335. The highest BCUT2D eigenvalue weighted by Gasteiger charge is 1.95. The molecule has 0 fully saturated rings. The van der Waals surface area contributed by atoms with Gasteiger partial charge in [0.05, 0.1) is 0 Å². The molecule has 68 valence electrons. The second-order valence-corrected chi connectivity index (χ2v) is 3.21. The molecule has 0 bridgehead atoms. The van der Waals surface area contributed by atoms with Crippen LogP contribution in [0.1, 0.15) is 21.9 Å². The molecule has 0 spiro atoms. The van der Waals surface area contributed by atoms with E-state index in [4.69, 9.17) is 0 Å². The van der Waals surface area contributed by atoms with E-state index in [0.29, 0.717) is 10.7 Å². The van der Waals surface area contributed by atoms with Crippen LogP contribution in [-0.2, 0) is 0 Å². The summed E-state index contributed by atoms with van der Waals surface area (Å²) in [5, 5.41) is 5.40. The lowest BCUT2D eigenvalue weighted by Crippen LogP contribution is -2.05. The van der Waals surface area contributed by atoms with Crippen LogP contribution in [0.25, 0.3) is 0 Å². The Kier molecular flexibility index (Phi) is 4.16. The summed E-state index contributed by atoms with van der Waals surface area (Å²) in [5.74, 6) is 5.85. The van der Waals surface area contributed by atoms with Gasteiger partial charge in [-0.05, 0) is 13.0 Å². The second-order valence-electron chi connectivity index (χ2n) is 2.35. The summed E-state index contributed by atoms with van der Waals surface area (Å²) in [6, 6.07) is 0. The van der Waals surface area contributed by atoms with Crippen LogP contribution in [0.15, 0.2) is 5.38 Å². The highest BCUT2D eigenvalue weighted by molar-refractivity contribution is 7.10. The van der Waals surface area contributed by atoms with Gasteiger partial charge < -0.3 is 5.32 Å². The van der Waals surface area contributed by atoms with Crippen LogP contribution in [0.5, 0.6) is 0 Å². The van der Waals surface area contributed by atoms with Crippen LogP contribution in [0, 0.1) is 11.8 Å². The number of thiazole rings is 1. The Hall–Kier alpha value is -1.18. The van der Waals surface area contributed by atoms with Crippen molar-refractivity contribution in [3.63, 3.8) is 0 Å². The first-order valence-electron chi connectivity index (χ1n) is 3.91. The number of nitrogens with one attached hydrogen (secondary N) is 1. The summed E-state index contributed by atoms with van der Waals surface area (Å²) in [6.45, 7) is 0.874. The monoisotopic (exact) mass is 194 g/mol. The largest absolute Gasteiger partial charge is 0.319 e. The van der Waals surface area contributed by atoms with E-state index in [1.165, 1.54) is 11.3 Å². The van der Waals surface area contributed by atoms with Crippen molar-refractivity contribution in [2.24, 2.45) is 0 Å². The van der Waals surface area contributed by atoms with Crippen LogP contribution < -0.4 is 5.32 Å². The smallest absolute Gasteiger partial charge is 0.169 e. The molecule has 1 heterocycles. The normalized spacial score (nSPS) is 9.00. The van der Waals surface area contributed by atoms with E-state index in [2.05, 4.69) is 22.1 Å². The van der Waals surface area contributed by atoms with Crippen LogP contribution in [0.4, 0.5) is 0 Å². The third-order valence-electron chi connectivity index (χ3n) is 1.34. The Morgan fingerprint density at radius 2 is 2.62 bits per heavy atom. The zero-order valence-electron chi connectivity index (χ0n) is 7.33. The van der Waals surface area contributed by atoms with Crippen LogP contribution in [0.2, 0.25) is 0 Å². The molecule has 3 nitrogen and oxygen atoms in total. The number of hydrogen-bond donors (Lipinski definition) is 1. The quantitative estimate of drug-likeness (QED) is 0.442. The molecule has 1 aromatic rings. The SMILES string of the molecule is CNCCC#Cc1nc(C=O)cs1. The number of nitrogens with zero attached hydrogens (tertiary/aromatic N) is 1. The second kappa shape index (κ2) is 5.46. The molecule has 0 aliphatic heterocycles. The van der Waals surface area contributed by atoms with Crippen LogP contribution in [0.3, 0.4) is 0 Å². The van der Waals surface area contributed by atoms with Gasteiger partial charge in [-0.25, -0.2) is 4.98 Å². The Labute approximate surface area is 81.2 Å². The van der Waals surface area contributed by atoms with Crippen LogP contribution >= 0.6 is 11.3 Å². The summed E-state index contributed by atoms with van der Waals surface area (Å²) in [7, 11) is 1.88. The third kappa shape index (κ3) is 3.36. The first-order valence-corrected chi connectivity index (χ1v) is 4.79. The van der Waals surface area contributed by atoms with Crippen molar-refractivity contribution in [3.8, 4) is 11.8 Å². The highest BCUT2D eigenvalue weighted by atomic mass is 32.1. The first kappa shape index (κ1) is 9.90. The number of aromatic nitrogens is 1. The molecule has 0 unspecified atom stereocenters. The van der Waals surface area contributed by atoms with Crippen molar-refractivity contribution < 1.29 is 4.79 Å². The molecule has 13 heavy (non-hydrogen) atoms. The number of carbonyl (C=O) groups is 1. The molecule has 0 aromatic carbocycles. The number of aldehydes is 1. The van der Waals surface area contributed by atoms with Crippen molar-refractivity contribution in [2.45, 2.75) is 6.42 Å². The Morgan fingerprint density at radius 3 is 3.23 bits per heavy atom. The fourth-order valence-electron chi connectivity index (χ4n) is 0.723. The van der Waals surface area contributed by atoms with E-state index >= 15 is 0 Å². The van der Waals surface area contributed by atoms with Gasteiger partial charge >= 0.3 is 0 Å². The van der Waals surface area contributed by atoms with E-state index in [9.17, 15) is 4.79 Å². The lowest BCUT2D eigenvalue weighted by Gasteiger charge is -1.86. The van der Waals surface area contributed by atoms with Gasteiger partial charge in [0, 0.05) is 18.3 Å². The summed E-state index contributed by atoms with van der Waals surface area (Å²) >= 11 is 1.40. The minimum Gasteiger partial charge on any atom is -0.319 e. The van der Waals surface area contributed by atoms with Gasteiger partial charge in [-0.3, -0.25) is 4.79 Å². The minimum absolute atomic E-state index is 0.461. The lowest BCUT2D eigenvalue weighted by atomic mass is 10.4. The van der Waals surface area contributed by atoms with Crippen molar-refractivity contribution in [1.82, 2.24) is 10.3 Å². The Balaban J connectivity index is 2.51. The minimum atomic E-state index is 0.461. The molecule has 0 saturated carbocycles. The van der Waals surface area contributed by atoms with Crippen molar-refractivity contribution in [3.05, 3.63) is 16.1 Å². The Morgan fingerprint density at radius 1 is 1.77 bits per heavy atom. The van der Waals surface area contributed by atoms with Gasteiger partial charge in [0.2, 0.25) is 0 Å². The number of hydrogen-bond acceptors (Lipinski definition) is 4. The molecule has 0 amide bonds. The molecule has 4 heteroatoms. The van der Waals surface area contributed by atoms with Crippen LogP contribution in [-0.4, -0.2) is 24.9 Å². The van der Waals surface area contributed by atoms with Crippen molar-refractivity contribution >= 4 is 17.6 Å². The maximum absolute atomic E-state index is 10.3. The zero-order chi connectivity index (χ0) is 9.52. The number of carbonyl (C=O) groups excluding carboxylic acids is 1. The summed E-state index contributed by atoms with van der Waals surface area (Å²) in [4.78, 5) is 14.3. The zero-order valence-corrected chi connectivity index (χ0v) is 8.15. The predicted octanol–water partition coefficient (Wildman–Crippen LogP) is 0.917. The molecule has 0 atom stereocenters. The van der Waals surface area contributed by atoms with Gasteiger partial charge in [-0.15, -0.1) is 11.3 Å². The molecular weight excluding hydrogens is 184 g/mol. The summed E-state index contributed by atoms with van der Waals surface area (Å²) in [5.41, 5.74) is 0.461. The van der Waals surface area contributed by atoms with Gasteiger partial charge in [-0.2, -0.15) is 0 Å². The predicted molar refractivity (Wildman–Crippen MR) is 52.9 cm³/mol. The molecule has 1 aromatic heterocycles. The van der Waals surface area contributed by atoms with E-state index in [1.807, 2.05) is 7.05 Å². The van der Waals surface area contributed by atoms with E-state index in [1.54, 1.807) is 5.38 Å². The average Bonchev–Trinajstić information content (AvgIpc) is 2.60. The molecule has 0 aliphatic carbocycles. The van der Waals surface area contributed by atoms with E-state index < -0.39 is 0 Å². The molecule has 1 rings (SSSR count). The maximum Gasteiger partial charge on any atom is 0.169 e. The highest BCUT2D eigenvalue weighted by Crippen LogP contribution is 2.05. The molecule has 0 saturated heterocycles. The third-order valence-corrected chi connectivity index (χ3v) is 2.11. The van der Waals surface area contributed by atoms with E-state index in [0.717, 1.165) is 19.3 Å². The average molecular weight is 194 g/mol. The van der Waals surface area contributed by atoms with Crippen molar-refractivity contribution in [2.75, 3.05) is 13.6 Å². The van der Waals surface area contributed by atoms with Gasteiger partial charge in [-0.1, -0.05) is 5.92 Å². The lowest BCUT2D eigenvalue weighted by molar-refractivity contribution is 0.111. The standard InChI is InChI=1S/C9H10N2OS/c1-10-5-3-2-4-9-11-8(6-12)7-13-9/h6-7,10H,3,5H2,1H3. The topological polar surface area (TPSA) is 42.0 Å².